The maximum atomic E-state index is 11.7. The van der Waals surface area contributed by atoms with Crippen molar-refractivity contribution in [3.8, 4) is 11.4 Å². The van der Waals surface area contributed by atoms with Crippen molar-refractivity contribution in [2.75, 3.05) is 13.1 Å². The predicted octanol–water partition coefficient (Wildman–Crippen LogP) is 1.62. The van der Waals surface area contributed by atoms with Gasteiger partial charge in [-0.15, -0.1) is 0 Å². The smallest absolute Gasteiger partial charge is 0.239 e. The van der Waals surface area contributed by atoms with Crippen LogP contribution < -0.4 is 10.6 Å². The second kappa shape index (κ2) is 8.81. The van der Waals surface area contributed by atoms with Gasteiger partial charge in [0.15, 0.2) is 0 Å². The predicted molar refractivity (Wildman–Crippen MR) is 89.1 cm³/mol. The summed E-state index contributed by atoms with van der Waals surface area (Å²) in [6, 6.07) is 7.79. The lowest BCUT2D eigenvalue weighted by Crippen LogP contribution is -2.37. The standard InChI is InChI=1S/C17H22N4O3/c1-3-10-18-15(23)11-19-14(22)8-9-16-20-17(21-24-16)13-6-4-12(2)5-7-13/h4-7H,3,8-11H2,1-2H3,(H,18,23)(H,19,22). The van der Waals surface area contributed by atoms with E-state index in [2.05, 4.69) is 20.8 Å². The maximum absolute atomic E-state index is 11.7. The molecule has 2 amide bonds. The quantitative estimate of drug-likeness (QED) is 0.766. The van der Waals surface area contributed by atoms with Crippen LogP contribution in [0.4, 0.5) is 0 Å². The first-order valence-electron chi connectivity index (χ1n) is 8.01. The number of hydrogen-bond donors (Lipinski definition) is 2. The molecule has 0 atom stereocenters. The summed E-state index contributed by atoms with van der Waals surface area (Å²) >= 11 is 0. The Kier molecular flexibility index (Phi) is 6.48. The third-order valence-corrected chi connectivity index (χ3v) is 3.36. The highest BCUT2D eigenvalue weighted by atomic mass is 16.5. The fraction of sp³-hybridized carbons (Fsp3) is 0.412. The van der Waals surface area contributed by atoms with Crippen LogP contribution in [-0.2, 0) is 16.0 Å². The summed E-state index contributed by atoms with van der Waals surface area (Å²) in [5, 5.41) is 9.18. The zero-order valence-corrected chi connectivity index (χ0v) is 14.0. The van der Waals surface area contributed by atoms with Gasteiger partial charge in [-0.2, -0.15) is 4.98 Å². The second-order valence-electron chi connectivity index (χ2n) is 5.50. The van der Waals surface area contributed by atoms with Gasteiger partial charge in [-0.3, -0.25) is 9.59 Å². The number of hydrogen-bond acceptors (Lipinski definition) is 5. The molecule has 1 aromatic heterocycles. The fourth-order valence-electron chi connectivity index (χ4n) is 1.99. The Morgan fingerprint density at radius 3 is 2.58 bits per heavy atom. The lowest BCUT2D eigenvalue weighted by atomic mass is 10.1. The molecule has 2 N–H and O–H groups in total. The molecule has 0 unspecified atom stereocenters. The van der Waals surface area contributed by atoms with Crippen LogP contribution in [0.5, 0.6) is 0 Å². The Bertz CT molecular complexity index is 679. The summed E-state index contributed by atoms with van der Waals surface area (Å²) in [5.41, 5.74) is 2.02. The average Bonchev–Trinajstić information content (AvgIpc) is 3.06. The lowest BCUT2D eigenvalue weighted by molar-refractivity contribution is -0.126. The van der Waals surface area contributed by atoms with E-state index in [-0.39, 0.29) is 24.8 Å². The van der Waals surface area contributed by atoms with E-state index in [0.717, 1.165) is 17.5 Å². The number of aromatic nitrogens is 2. The molecule has 0 radical (unpaired) electrons. The van der Waals surface area contributed by atoms with Gasteiger partial charge in [-0.05, 0) is 13.3 Å². The van der Waals surface area contributed by atoms with Gasteiger partial charge < -0.3 is 15.2 Å². The maximum Gasteiger partial charge on any atom is 0.239 e. The first-order valence-corrected chi connectivity index (χ1v) is 8.01. The van der Waals surface area contributed by atoms with E-state index in [4.69, 9.17) is 4.52 Å². The van der Waals surface area contributed by atoms with Crippen LogP contribution in [0.2, 0.25) is 0 Å². The average molecular weight is 330 g/mol. The molecule has 0 fully saturated rings. The zero-order valence-electron chi connectivity index (χ0n) is 14.0. The van der Waals surface area contributed by atoms with Gasteiger partial charge in [0.05, 0.1) is 6.54 Å². The van der Waals surface area contributed by atoms with Crippen LogP contribution >= 0.6 is 0 Å². The topological polar surface area (TPSA) is 97.1 Å². The van der Waals surface area contributed by atoms with Gasteiger partial charge in [0.2, 0.25) is 23.5 Å². The molecule has 0 saturated carbocycles. The highest BCUT2D eigenvalue weighted by molar-refractivity contribution is 5.84. The number of amides is 2. The van der Waals surface area contributed by atoms with Crippen LogP contribution in [0.15, 0.2) is 28.8 Å². The fourth-order valence-corrected chi connectivity index (χ4v) is 1.99. The van der Waals surface area contributed by atoms with E-state index in [9.17, 15) is 9.59 Å². The number of nitrogens with zero attached hydrogens (tertiary/aromatic N) is 2. The van der Waals surface area contributed by atoms with Crippen LogP contribution in [0.25, 0.3) is 11.4 Å². The molecular formula is C17H22N4O3. The summed E-state index contributed by atoms with van der Waals surface area (Å²) in [7, 11) is 0. The summed E-state index contributed by atoms with van der Waals surface area (Å²) in [4.78, 5) is 27.4. The normalized spacial score (nSPS) is 10.4. The van der Waals surface area contributed by atoms with Crippen molar-refractivity contribution < 1.29 is 14.1 Å². The number of nitrogens with one attached hydrogen (secondary N) is 2. The van der Waals surface area contributed by atoms with Crippen molar-refractivity contribution >= 4 is 11.8 Å². The molecule has 0 aliphatic rings. The molecule has 7 nitrogen and oxygen atoms in total. The van der Waals surface area contributed by atoms with Crippen LogP contribution in [0.1, 0.15) is 31.2 Å². The summed E-state index contributed by atoms with van der Waals surface area (Å²) in [6.07, 6.45) is 1.39. The Balaban J connectivity index is 1.77. The zero-order chi connectivity index (χ0) is 17.4. The van der Waals surface area contributed by atoms with E-state index in [1.165, 1.54) is 0 Å². The van der Waals surface area contributed by atoms with Crippen molar-refractivity contribution in [3.63, 3.8) is 0 Å². The second-order valence-corrected chi connectivity index (χ2v) is 5.50. The molecule has 128 valence electrons. The van der Waals surface area contributed by atoms with Gasteiger partial charge in [0, 0.05) is 24.9 Å². The van der Waals surface area contributed by atoms with Crippen LogP contribution in [0.3, 0.4) is 0 Å². The van der Waals surface area contributed by atoms with Gasteiger partial charge in [0.25, 0.3) is 0 Å². The molecule has 0 spiro atoms. The first kappa shape index (κ1) is 17.7. The molecule has 0 aliphatic carbocycles. The molecule has 2 rings (SSSR count). The largest absolute Gasteiger partial charge is 0.355 e. The molecule has 2 aromatic rings. The Hall–Kier alpha value is -2.70. The first-order chi connectivity index (χ1) is 11.6. The third kappa shape index (κ3) is 5.49. The van der Waals surface area contributed by atoms with Crippen molar-refractivity contribution in [3.05, 3.63) is 35.7 Å². The number of carbonyl (C=O) groups is 2. The van der Waals surface area contributed by atoms with E-state index in [1.54, 1.807) is 0 Å². The van der Waals surface area contributed by atoms with Crippen molar-refractivity contribution in [2.45, 2.75) is 33.1 Å². The molecule has 0 saturated heterocycles. The molecule has 1 heterocycles. The molecule has 1 aromatic carbocycles. The Labute approximate surface area is 140 Å². The SMILES string of the molecule is CCCNC(=O)CNC(=O)CCc1nc(-c2ccc(C)cc2)no1. The highest BCUT2D eigenvalue weighted by Gasteiger charge is 2.11. The highest BCUT2D eigenvalue weighted by Crippen LogP contribution is 2.16. The van der Waals surface area contributed by atoms with Gasteiger partial charge in [0.1, 0.15) is 0 Å². The van der Waals surface area contributed by atoms with Gasteiger partial charge in [-0.25, -0.2) is 0 Å². The van der Waals surface area contributed by atoms with Gasteiger partial charge in [-0.1, -0.05) is 41.9 Å². The minimum atomic E-state index is -0.225. The number of rotatable bonds is 8. The number of aryl methyl sites for hydroxylation is 2. The molecule has 24 heavy (non-hydrogen) atoms. The van der Waals surface area contributed by atoms with E-state index in [0.29, 0.717) is 24.7 Å². The monoisotopic (exact) mass is 330 g/mol. The van der Waals surface area contributed by atoms with Crippen molar-refractivity contribution in [1.82, 2.24) is 20.8 Å². The number of benzene rings is 1. The van der Waals surface area contributed by atoms with E-state index < -0.39 is 0 Å². The summed E-state index contributed by atoms with van der Waals surface area (Å²) < 4.78 is 5.16. The van der Waals surface area contributed by atoms with E-state index >= 15 is 0 Å². The summed E-state index contributed by atoms with van der Waals surface area (Å²) in [6.45, 7) is 4.57. The molecule has 0 bridgehead atoms. The Morgan fingerprint density at radius 1 is 1.12 bits per heavy atom. The molecule has 0 aliphatic heterocycles. The molecule has 7 heteroatoms. The van der Waals surface area contributed by atoms with Gasteiger partial charge >= 0.3 is 0 Å². The molecular weight excluding hydrogens is 308 g/mol. The lowest BCUT2D eigenvalue weighted by Gasteiger charge is -2.04. The minimum absolute atomic E-state index is 0.0166. The minimum Gasteiger partial charge on any atom is -0.355 e. The van der Waals surface area contributed by atoms with Crippen molar-refractivity contribution in [1.29, 1.82) is 0 Å². The summed E-state index contributed by atoms with van der Waals surface area (Å²) in [5.74, 6) is 0.488. The third-order valence-electron chi connectivity index (χ3n) is 3.36. The Morgan fingerprint density at radius 2 is 1.88 bits per heavy atom. The van der Waals surface area contributed by atoms with Crippen molar-refractivity contribution in [2.24, 2.45) is 0 Å². The van der Waals surface area contributed by atoms with E-state index in [1.807, 2.05) is 38.1 Å². The van der Waals surface area contributed by atoms with Crippen LogP contribution in [-0.4, -0.2) is 35.0 Å². The number of carbonyl (C=O) groups excluding carboxylic acids is 2. The van der Waals surface area contributed by atoms with Crippen LogP contribution in [0, 0.1) is 6.92 Å².